The minimum atomic E-state index is -0.490. The van der Waals surface area contributed by atoms with Crippen molar-refractivity contribution < 1.29 is 9.90 Å². The molecule has 20 heavy (non-hydrogen) atoms. The molecule has 1 fully saturated rings. The Kier molecular flexibility index (Phi) is 3.85. The molecular weight excluding hydrogens is 270 g/mol. The number of anilines is 1. The number of carbonyl (C=O) groups excluding carboxylic acids is 1. The molecule has 0 aliphatic heterocycles. The van der Waals surface area contributed by atoms with Crippen LogP contribution >= 0.6 is 11.3 Å². The van der Waals surface area contributed by atoms with Crippen LogP contribution in [0.2, 0.25) is 0 Å². The summed E-state index contributed by atoms with van der Waals surface area (Å²) in [5, 5.41) is 14.7. The van der Waals surface area contributed by atoms with E-state index in [0.717, 1.165) is 30.5 Å². The lowest BCUT2D eigenvalue weighted by Crippen LogP contribution is -2.28. The number of carbonyl (C=O) groups is 1. The summed E-state index contributed by atoms with van der Waals surface area (Å²) >= 11 is 1.68. The third-order valence-corrected chi connectivity index (χ3v) is 4.67. The SMILES string of the molecule is O=C(Nc1cccc(-c2cccs2)c1)C1CCCC1O. The van der Waals surface area contributed by atoms with Crippen LogP contribution in [-0.4, -0.2) is 17.1 Å². The van der Waals surface area contributed by atoms with E-state index in [9.17, 15) is 9.90 Å². The van der Waals surface area contributed by atoms with Crippen LogP contribution in [-0.2, 0) is 4.79 Å². The molecule has 1 aliphatic carbocycles. The van der Waals surface area contributed by atoms with Gasteiger partial charge in [-0.25, -0.2) is 0 Å². The zero-order valence-corrected chi connectivity index (χ0v) is 11.9. The number of hydrogen-bond donors (Lipinski definition) is 2. The van der Waals surface area contributed by atoms with E-state index in [1.54, 1.807) is 11.3 Å². The Hall–Kier alpha value is -1.65. The number of benzene rings is 1. The molecule has 0 spiro atoms. The zero-order chi connectivity index (χ0) is 13.9. The molecule has 1 saturated carbocycles. The Bertz CT molecular complexity index is 594. The van der Waals surface area contributed by atoms with Crippen molar-refractivity contribution in [3.8, 4) is 10.4 Å². The lowest BCUT2D eigenvalue weighted by molar-refractivity contribution is -0.122. The highest BCUT2D eigenvalue weighted by atomic mass is 32.1. The Morgan fingerprint density at radius 1 is 1.25 bits per heavy atom. The second-order valence-corrected chi connectivity index (χ2v) is 6.10. The first-order valence-corrected chi connectivity index (χ1v) is 7.75. The van der Waals surface area contributed by atoms with Crippen LogP contribution in [0.4, 0.5) is 5.69 Å². The van der Waals surface area contributed by atoms with Gasteiger partial charge in [0, 0.05) is 10.6 Å². The molecule has 1 aromatic heterocycles. The van der Waals surface area contributed by atoms with Crippen molar-refractivity contribution in [1.29, 1.82) is 0 Å². The Labute approximate surface area is 122 Å². The summed E-state index contributed by atoms with van der Waals surface area (Å²) in [5.41, 5.74) is 1.89. The van der Waals surface area contributed by atoms with Crippen molar-refractivity contribution in [3.05, 3.63) is 41.8 Å². The van der Waals surface area contributed by atoms with Gasteiger partial charge in [0.2, 0.25) is 5.91 Å². The van der Waals surface area contributed by atoms with Crippen molar-refractivity contribution in [2.45, 2.75) is 25.4 Å². The average molecular weight is 287 g/mol. The van der Waals surface area contributed by atoms with Crippen LogP contribution in [0.15, 0.2) is 41.8 Å². The Balaban J connectivity index is 1.74. The first-order valence-electron chi connectivity index (χ1n) is 6.87. The van der Waals surface area contributed by atoms with Gasteiger partial charge in [-0.05, 0) is 48.4 Å². The van der Waals surface area contributed by atoms with Gasteiger partial charge in [-0.2, -0.15) is 0 Å². The highest BCUT2D eigenvalue weighted by Crippen LogP contribution is 2.29. The smallest absolute Gasteiger partial charge is 0.230 e. The number of amides is 1. The molecule has 1 aliphatic rings. The van der Waals surface area contributed by atoms with E-state index in [2.05, 4.69) is 11.4 Å². The summed E-state index contributed by atoms with van der Waals surface area (Å²) in [6.45, 7) is 0. The molecule has 1 amide bonds. The molecule has 2 unspecified atom stereocenters. The summed E-state index contributed by atoms with van der Waals surface area (Å²) in [4.78, 5) is 13.3. The number of thiophene rings is 1. The molecule has 2 aromatic rings. The van der Waals surface area contributed by atoms with Crippen molar-refractivity contribution in [2.75, 3.05) is 5.32 Å². The molecule has 1 aromatic carbocycles. The van der Waals surface area contributed by atoms with Gasteiger partial charge in [-0.1, -0.05) is 18.2 Å². The number of aliphatic hydroxyl groups is 1. The van der Waals surface area contributed by atoms with Gasteiger partial charge in [0.1, 0.15) is 0 Å². The van der Waals surface area contributed by atoms with Crippen molar-refractivity contribution >= 4 is 22.9 Å². The molecule has 0 saturated heterocycles. The van der Waals surface area contributed by atoms with Gasteiger partial charge in [0.15, 0.2) is 0 Å². The summed E-state index contributed by atoms with van der Waals surface area (Å²) in [6.07, 6.45) is 1.94. The highest BCUT2D eigenvalue weighted by Gasteiger charge is 2.31. The lowest BCUT2D eigenvalue weighted by atomic mass is 10.0. The summed E-state index contributed by atoms with van der Waals surface area (Å²) in [5.74, 6) is -0.335. The quantitative estimate of drug-likeness (QED) is 0.907. The molecule has 0 bridgehead atoms. The minimum absolute atomic E-state index is 0.0710. The van der Waals surface area contributed by atoms with E-state index < -0.39 is 6.10 Å². The first kappa shape index (κ1) is 13.3. The summed E-state index contributed by atoms with van der Waals surface area (Å²) in [7, 11) is 0. The Morgan fingerprint density at radius 3 is 2.85 bits per heavy atom. The lowest BCUT2D eigenvalue weighted by Gasteiger charge is -2.14. The van der Waals surface area contributed by atoms with Gasteiger partial charge in [0.25, 0.3) is 0 Å². The average Bonchev–Trinajstić information content (AvgIpc) is 3.09. The molecule has 2 atom stereocenters. The predicted octanol–water partition coefficient (Wildman–Crippen LogP) is 3.51. The van der Waals surface area contributed by atoms with E-state index in [1.165, 1.54) is 4.88 Å². The predicted molar refractivity (Wildman–Crippen MR) is 81.7 cm³/mol. The van der Waals surface area contributed by atoms with E-state index in [-0.39, 0.29) is 11.8 Å². The molecule has 3 rings (SSSR count). The largest absolute Gasteiger partial charge is 0.392 e. The van der Waals surface area contributed by atoms with E-state index in [4.69, 9.17) is 0 Å². The first-order chi connectivity index (χ1) is 9.74. The molecule has 2 N–H and O–H groups in total. The topological polar surface area (TPSA) is 49.3 Å². The second-order valence-electron chi connectivity index (χ2n) is 5.15. The fraction of sp³-hybridized carbons (Fsp3) is 0.312. The normalized spacial score (nSPS) is 21.9. The van der Waals surface area contributed by atoms with Gasteiger partial charge in [0.05, 0.1) is 12.0 Å². The van der Waals surface area contributed by atoms with Gasteiger partial charge in [-0.15, -0.1) is 11.3 Å². The number of rotatable bonds is 3. The van der Waals surface area contributed by atoms with Crippen LogP contribution in [0, 0.1) is 5.92 Å². The van der Waals surface area contributed by atoms with E-state index in [0.29, 0.717) is 0 Å². The third-order valence-electron chi connectivity index (χ3n) is 3.75. The number of nitrogens with one attached hydrogen (secondary N) is 1. The third kappa shape index (κ3) is 2.76. The molecule has 1 heterocycles. The monoisotopic (exact) mass is 287 g/mol. The minimum Gasteiger partial charge on any atom is -0.392 e. The summed E-state index contributed by atoms with van der Waals surface area (Å²) < 4.78 is 0. The van der Waals surface area contributed by atoms with Crippen LogP contribution in [0.3, 0.4) is 0 Å². The highest BCUT2D eigenvalue weighted by molar-refractivity contribution is 7.13. The zero-order valence-electron chi connectivity index (χ0n) is 11.1. The molecule has 3 nitrogen and oxygen atoms in total. The summed E-state index contributed by atoms with van der Waals surface area (Å²) in [6, 6.07) is 11.9. The Morgan fingerprint density at radius 2 is 2.15 bits per heavy atom. The van der Waals surface area contributed by atoms with Gasteiger partial charge in [-0.3, -0.25) is 4.79 Å². The maximum atomic E-state index is 12.2. The van der Waals surface area contributed by atoms with Crippen molar-refractivity contribution in [2.24, 2.45) is 5.92 Å². The van der Waals surface area contributed by atoms with Crippen LogP contribution < -0.4 is 5.32 Å². The second kappa shape index (κ2) is 5.77. The number of hydrogen-bond acceptors (Lipinski definition) is 3. The fourth-order valence-electron chi connectivity index (χ4n) is 2.67. The number of aliphatic hydroxyl groups excluding tert-OH is 1. The van der Waals surface area contributed by atoms with Gasteiger partial charge < -0.3 is 10.4 Å². The van der Waals surface area contributed by atoms with E-state index >= 15 is 0 Å². The van der Waals surface area contributed by atoms with Crippen LogP contribution in [0.1, 0.15) is 19.3 Å². The molecule has 0 radical (unpaired) electrons. The molecule has 4 heteroatoms. The van der Waals surface area contributed by atoms with Crippen molar-refractivity contribution in [3.63, 3.8) is 0 Å². The van der Waals surface area contributed by atoms with Gasteiger partial charge >= 0.3 is 0 Å². The van der Waals surface area contributed by atoms with Crippen molar-refractivity contribution in [1.82, 2.24) is 0 Å². The maximum Gasteiger partial charge on any atom is 0.230 e. The van der Waals surface area contributed by atoms with Crippen LogP contribution in [0.25, 0.3) is 10.4 Å². The molecular formula is C16H17NO2S. The van der Waals surface area contributed by atoms with Crippen LogP contribution in [0.5, 0.6) is 0 Å². The van der Waals surface area contributed by atoms with E-state index in [1.807, 2.05) is 35.7 Å². The maximum absolute atomic E-state index is 12.2. The molecule has 104 valence electrons. The standard InChI is InChI=1S/C16H17NO2S/c18-14-7-2-6-13(14)16(19)17-12-5-1-4-11(10-12)15-8-3-9-20-15/h1,3-5,8-10,13-14,18H,2,6-7H2,(H,17,19). The fourth-order valence-corrected chi connectivity index (χ4v) is 3.40.